The van der Waals surface area contributed by atoms with Gasteiger partial charge in [0, 0.05) is 25.5 Å². The number of hydrogen-bond acceptors (Lipinski definition) is 3. The molecule has 0 unspecified atom stereocenters. The van der Waals surface area contributed by atoms with E-state index in [-0.39, 0.29) is 12.0 Å². The van der Waals surface area contributed by atoms with Gasteiger partial charge in [-0.25, -0.2) is 0 Å². The molecule has 1 atom stereocenters. The normalized spacial score (nSPS) is 20.4. The van der Waals surface area contributed by atoms with Gasteiger partial charge in [0.25, 0.3) is 0 Å². The molecule has 1 saturated heterocycles. The van der Waals surface area contributed by atoms with Crippen LogP contribution >= 0.6 is 0 Å². The van der Waals surface area contributed by atoms with Crippen LogP contribution in [0.1, 0.15) is 33.1 Å². The molecule has 2 N–H and O–H groups in total. The Morgan fingerprint density at radius 1 is 1.38 bits per heavy atom. The van der Waals surface area contributed by atoms with Crippen molar-refractivity contribution in [3.8, 4) is 0 Å². The van der Waals surface area contributed by atoms with E-state index in [0.717, 1.165) is 38.9 Å². The average molecular weight is 293 g/mol. The molecule has 2 rings (SSSR count). The number of carbonyl (C=O) groups is 1. The van der Waals surface area contributed by atoms with Crippen molar-refractivity contribution in [1.29, 1.82) is 0 Å². The molecule has 118 valence electrons. The molecule has 1 aromatic heterocycles. The smallest absolute Gasteiger partial charge is 0.245 e. The molecular formula is C16H27N3O2. The number of nitrogens with one attached hydrogen (secondary N) is 1. The lowest BCUT2D eigenvalue weighted by molar-refractivity contribution is -0.128. The highest BCUT2D eigenvalue weighted by molar-refractivity contribution is 5.83. The van der Waals surface area contributed by atoms with Crippen LogP contribution in [0.4, 0.5) is 0 Å². The Bertz CT molecular complexity index is 442. The van der Waals surface area contributed by atoms with Gasteiger partial charge in [-0.05, 0) is 58.3 Å². The fourth-order valence-electron chi connectivity index (χ4n) is 2.78. The van der Waals surface area contributed by atoms with E-state index in [0.29, 0.717) is 6.54 Å². The van der Waals surface area contributed by atoms with Gasteiger partial charge in [0.05, 0.1) is 6.10 Å². The average Bonchev–Trinajstić information content (AvgIpc) is 2.98. The zero-order valence-electron chi connectivity index (χ0n) is 13.1. The van der Waals surface area contributed by atoms with Crippen molar-refractivity contribution in [1.82, 2.24) is 14.8 Å². The van der Waals surface area contributed by atoms with Crippen LogP contribution < -0.4 is 5.32 Å². The van der Waals surface area contributed by atoms with Crippen molar-refractivity contribution in [3.63, 3.8) is 0 Å². The van der Waals surface area contributed by atoms with Gasteiger partial charge in [-0.3, -0.25) is 4.79 Å². The molecule has 1 amide bonds. The van der Waals surface area contributed by atoms with E-state index in [9.17, 15) is 9.90 Å². The third kappa shape index (κ3) is 4.32. The number of rotatable bonds is 6. The summed E-state index contributed by atoms with van der Waals surface area (Å²) in [5.41, 5.74) is -0.565. The highest BCUT2D eigenvalue weighted by atomic mass is 16.3. The van der Waals surface area contributed by atoms with Gasteiger partial charge < -0.3 is 19.9 Å². The predicted octanol–water partition coefficient (Wildman–Crippen LogP) is 1.19. The Morgan fingerprint density at radius 2 is 2.10 bits per heavy atom. The van der Waals surface area contributed by atoms with Crippen LogP contribution in [0.2, 0.25) is 0 Å². The monoisotopic (exact) mass is 293 g/mol. The first-order chi connectivity index (χ1) is 10.00. The van der Waals surface area contributed by atoms with Crippen LogP contribution in [0.3, 0.4) is 0 Å². The second-order valence-corrected chi connectivity index (χ2v) is 6.36. The molecule has 1 aliphatic rings. The minimum Gasteiger partial charge on any atom is -0.392 e. The molecule has 0 aromatic carbocycles. The van der Waals surface area contributed by atoms with Gasteiger partial charge in [0.2, 0.25) is 5.91 Å². The lowest BCUT2D eigenvalue weighted by Gasteiger charge is -2.30. The molecule has 5 heteroatoms. The highest BCUT2D eigenvalue weighted by Gasteiger charge is 2.28. The molecule has 0 aliphatic carbocycles. The van der Waals surface area contributed by atoms with E-state index < -0.39 is 5.54 Å². The minimum atomic E-state index is -0.565. The number of carbonyl (C=O) groups excluding carboxylic acids is 1. The van der Waals surface area contributed by atoms with E-state index in [1.807, 2.05) is 42.9 Å². The van der Waals surface area contributed by atoms with Gasteiger partial charge in [0.1, 0.15) is 5.54 Å². The summed E-state index contributed by atoms with van der Waals surface area (Å²) in [5, 5.41) is 12.6. The highest BCUT2D eigenvalue weighted by Crippen LogP contribution is 2.15. The van der Waals surface area contributed by atoms with Crippen molar-refractivity contribution < 1.29 is 9.90 Å². The topological polar surface area (TPSA) is 57.5 Å². The summed E-state index contributed by atoms with van der Waals surface area (Å²) in [6.07, 6.45) is 6.54. The van der Waals surface area contributed by atoms with E-state index in [1.165, 1.54) is 0 Å². The van der Waals surface area contributed by atoms with Crippen LogP contribution in [-0.2, 0) is 10.3 Å². The van der Waals surface area contributed by atoms with Gasteiger partial charge in [-0.1, -0.05) is 0 Å². The quantitative estimate of drug-likeness (QED) is 0.775. The zero-order chi connectivity index (χ0) is 15.3. The van der Waals surface area contributed by atoms with Crippen LogP contribution in [-0.4, -0.2) is 52.8 Å². The summed E-state index contributed by atoms with van der Waals surface area (Å²) < 4.78 is 1.92. The zero-order valence-corrected chi connectivity index (χ0v) is 13.1. The van der Waals surface area contributed by atoms with E-state index in [4.69, 9.17) is 0 Å². The Balaban J connectivity index is 1.70. The first kappa shape index (κ1) is 16.0. The number of aliphatic hydroxyl groups excluding tert-OH is 1. The van der Waals surface area contributed by atoms with Crippen molar-refractivity contribution in [2.45, 2.75) is 44.8 Å². The number of amides is 1. The van der Waals surface area contributed by atoms with Crippen LogP contribution in [0, 0.1) is 0 Å². The maximum Gasteiger partial charge on any atom is 0.245 e. The molecule has 2 heterocycles. The maximum atomic E-state index is 12.3. The van der Waals surface area contributed by atoms with E-state index in [2.05, 4.69) is 10.2 Å². The van der Waals surface area contributed by atoms with Crippen LogP contribution in [0.25, 0.3) is 0 Å². The summed E-state index contributed by atoms with van der Waals surface area (Å²) in [6.45, 7) is 7.27. The SMILES string of the molecule is CC(C)(C(=O)NCCCN1CCC[C@@H](O)C1)n1cccc1. The molecule has 5 nitrogen and oxygen atoms in total. The summed E-state index contributed by atoms with van der Waals surface area (Å²) in [7, 11) is 0. The van der Waals surface area contributed by atoms with Gasteiger partial charge in [-0.15, -0.1) is 0 Å². The minimum absolute atomic E-state index is 0.0392. The predicted molar refractivity (Wildman–Crippen MR) is 83.1 cm³/mol. The number of likely N-dealkylation sites (tertiary alicyclic amines) is 1. The van der Waals surface area contributed by atoms with Crippen LogP contribution in [0.15, 0.2) is 24.5 Å². The molecule has 0 spiro atoms. The number of aliphatic hydroxyl groups is 1. The number of piperidine rings is 1. The second kappa shape index (κ2) is 7.09. The standard InChI is InChI=1S/C16H27N3O2/c1-16(2,19-11-3-4-12-19)15(21)17-8-6-10-18-9-5-7-14(20)13-18/h3-4,11-12,14,20H,5-10,13H2,1-2H3,(H,17,21)/t14-/m1/s1. The molecule has 21 heavy (non-hydrogen) atoms. The Kier molecular flexibility index (Phi) is 5.42. The van der Waals surface area contributed by atoms with Gasteiger partial charge in [-0.2, -0.15) is 0 Å². The van der Waals surface area contributed by atoms with Crippen molar-refractivity contribution in [3.05, 3.63) is 24.5 Å². The maximum absolute atomic E-state index is 12.3. The number of hydrogen-bond donors (Lipinski definition) is 2. The number of β-amino-alcohol motifs (C(OH)–C–C–N with tert-alkyl or cyclic N) is 1. The molecular weight excluding hydrogens is 266 g/mol. The van der Waals surface area contributed by atoms with Gasteiger partial charge in [0.15, 0.2) is 0 Å². The first-order valence-electron chi connectivity index (χ1n) is 7.82. The molecule has 0 bridgehead atoms. The van der Waals surface area contributed by atoms with E-state index >= 15 is 0 Å². The number of nitrogens with zero attached hydrogens (tertiary/aromatic N) is 2. The van der Waals surface area contributed by atoms with E-state index in [1.54, 1.807) is 0 Å². The van der Waals surface area contributed by atoms with Gasteiger partial charge >= 0.3 is 0 Å². The van der Waals surface area contributed by atoms with Crippen LogP contribution in [0.5, 0.6) is 0 Å². The lowest BCUT2D eigenvalue weighted by atomic mass is 10.0. The Morgan fingerprint density at radius 3 is 2.76 bits per heavy atom. The first-order valence-corrected chi connectivity index (χ1v) is 7.82. The molecule has 1 aliphatic heterocycles. The fourth-order valence-corrected chi connectivity index (χ4v) is 2.78. The molecule has 0 saturated carbocycles. The third-order valence-electron chi connectivity index (χ3n) is 4.22. The summed E-state index contributed by atoms with van der Waals surface area (Å²) in [5.74, 6) is 0.0392. The lowest BCUT2D eigenvalue weighted by Crippen LogP contribution is -2.45. The van der Waals surface area contributed by atoms with Crippen molar-refractivity contribution >= 4 is 5.91 Å². The van der Waals surface area contributed by atoms with Crippen molar-refractivity contribution in [2.24, 2.45) is 0 Å². The molecule has 1 fully saturated rings. The molecule has 1 aromatic rings. The second-order valence-electron chi connectivity index (χ2n) is 6.36. The summed E-state index contributed by atoms with van der Waals surface area (Å²) in [4.78, 5) is 14.6. The largest absolute Gasteiger partial charge is 0.392 e. The van der Waals surface area contributed by atoms with Crippen molar-refractivity contribution in [2.75, 3.05) is 26.2 Å². The third-order valence-corrected chi connectivity index (χ3v) is 4.22. The molecule has 0 radical (unpaired) electrons. The Labute approximate surface area is 126 Å². The fraction of sp³-hybridized carbons (Fsp3) is 0.688. The Hall–Kier alpha value is -1.33. The summed E-state index contributed by atoms with van der Waals surface area (Å²) in [6, 6.07) is 3.85. The summed E-state index contributed by atoms with van der Waals surface area (Å²) >= 11 is 0. The number of aromatic nitrogens is 1.